The van der Waals surface area contributed by atoms with E-state index in [-0.39, 0.29) is 5.78 Å². The monoisotopic (exact) mass is 158 g/mol. The second-order valence-corrected chi connectivity index (χ2v) is 3.19. The summed E-state index contributed by atoms with van der Waals surface area (Å²) in [5.74, 6) is 0.148. The Kier molecular flexibility index (Phi) is 1.58. The smallest absolute Gasteiger partial charge is 0.186 e. The average Bonchev–Trinajstić information content (AvgIpc) is 2.04. The second-order valence-electron chi connectivity index (χ2n) is 3.19. The predicted molar refractivity (Wildman–Crippen MR) is 48.2 cm³/mol. The highest BCUT2D eigenvalue weighted by Crippen LogP contribution is 2.19. The van der Waals surface area contributed by atoms with Gasteiger partial charge in [-0.25, -0.2) is 0 Å². The Labute approximate surface area is 71.7 Å². The minimum Gasteiger partial charge on any atom is -0.289 e. The Balaban J connectivity index is 2.56. The second kappa shape index (κ2) is 2.59. The Morgan fingerprint density at radius 2 is 2.00 bits per heavy atom. The summed E-state index contributed by atoms with van der Waals surface area (Å²) in [5, 5.41) is 0. The molecule has 1 aromatic rings. The molecule has 0 atom stereocenters. The van der Waals surface area contributed by atoms with E-state index in [4.69, 9.17) is 0 Å². The van der Waals surface area contributed by atoms with Gasteiger partial charge in [-0.3, -0.25) is 4.79 Å². The van der Waals surface area contributed by atoms with E-state index < -0.39 is 0 Å². The fourth-order valence-corrected chi connectivity index (χ4v) is 1.57. The van der Waals surface area contributed by atoms with Crippen LogP contribution in [0.5, 0.6) is 0 Å². The summed E-state index contributed by atoms with van der Waals surface area (Å²) in [6.45, 7) is 1.99. The van der Waals surface area contributed by atoms with Crippen molar-refractivity contribution in [1.29, 1.82) is 0 Å². The maximum absolute atomic E-state index is 11.4. The summed E-state index contributed by atoms with van der Waals surface area (Å²) in [6, 6.07) is 7.79. The zero-order valence-electron chi connectivity index (χ0n) is 7.00. The molecule has 60 valence electrons. The van der Waals surface area contributed by atoms with Gasteiger partial charge in [0.25, 0.3) is 0 Å². The topological polar surface area (TPSA) is 17.1 Å². The summed E-state index contributed by atoms with van der Waals surface area (Å²) in [4.78, 5) is 11.4. The third-order valence-corrected chi connectivity index (χ3v) is 2.13. The average molecular weight is 158 g/mol. The van der Waals surface area contributed by atoms with E-state index >= 15 is 0 Å². The molecule has 1 aliphatic rings. The molecule has 0 unspecified atom stereocenters. The first-order valence-corrected chi connectivity index (χ1v) is 4.07. The van der Waals surface area contributed by atoms with Crippen molar-refractivity contribution in [2.75, 3.05) is 0 Å². The van der Waals surface area contributed by atoms with Gasteiger partial charge in [0.15, 0.2) is 5.78 Å². The third kappa shape index (κ3) is 1.07. The summed E-state index contributed by atoms with van der Waals surface area (Å²) in [5.41, 5.74) is 3.17. The van der Waals surface area contributed by atoms with Crippen LogP contribution in [0, 0.1) is 0 Å². The van der Waals surface area contributed by atoms with Crippen molar-refractivity contribution in [3.8, 4) is 0 Å². The van der Waals surface area contributed by atoms with Crippen molar-refractivity contribution in [1.82, 2.24) is 0 Å². The Hall–Kier alpha value is -1.37. The number of ketones is 1. The molecule has 0 aromatic heterocycles. The van der Waals surface area contributed by atoms with Gasteiger partial charge in [-0.15, -0.1) is 0 Å². The van der Waals surface area contributed by atoms with Gasteiger partial charge in [0.2, 0.25) is 0 Å². The van der Waals surface area contributed by atoms with Crippen LogP contribution in [0.4, 0.5) is 0 Å². The summed E-state index contributed by atoms with van der Waals surface area (Å²) < 4.78 is 0. The molecule has 1 nitrogen and oxygen atoms in total. The largest absolute Gasteiger partial charge is 0.289 e. The van der Waals surface area contributed by atoms with Crippen LogP contribution in [0.2, 0.25) is 0 Å². The molecule has 0 saturated heterocycles. The molecule has 2 rings (SSSR count). The summed E-state index contributed by atoms with van der Waals surface area (Å²) in [6.07, 6.45) is 2.64. The molecule has 0 bridgehead atoms. The number of benzene rings is 1. The van der Waals surface area contributed by atoms with Gasteiger partial charge in [-0.1, -0.05) is 29.8 Å². The van der Waals surface area contributed by atoms with E-state index in [9.17, 15) is 4.79 Å². The highest BCUT2D eigenvalue weighted by atomic mass is 16.1. The van der Waals surface area contributed by atoms with Gasteiger partial charge in [0, 0.05) is 5.56 Å². The van der Waals surface area contributed by atoms with Crippen LogP contribution in [-0.2, 0) is 6.42 Å². The lowest BCUT2D eigenvalue weighted by Gasteiger charge is -2.12. The molecule has 12 heavy (non-hydrogen) atoms. The van der Waals surface area contributed by atoms with Gasteiger partial charge in [0.05, 0.1) is 0 Å². The van der Waals surface area contributed by atoms with E-state index in [1.807, 2.05) is 31.2 Å². The van der Waals surface area contributed by atoms with Crippen molar-refractivity contribution < 1.29 is 4.79 Å². The maximum atomic E-state index is 11.4. The molecule has 0 N–H and O–H groups in total. The first-order valence-electron chi connectivity index (χ1n) is 4.07. The first-order chi connectivity index (χ1) is 5.77. The Bertz CT molecular complexity index is 361. The van der Waals surface area contributed by atoms with Crippen LogP contribution in [0.3, 0.4) is 0 Å². The number of carbonyl (C=O) groups excluding carboxylic acids is 1. The molecule has 1 aromatic carbocycles. The molecule has 0 amide bonds. The fraction of sp³-hybridized carbons (Fsp3) is 0.182. The molecule has 0 fully saturated rings. The molecule has 0 saturated carbocycles. The molecule has 0 heterocycles. The van der Waals surface area contributed by atoms with Crippen molar-refractivity contribution in [2.24, 2.45) is 0 Å². The molecule has 0 radical (unpaired) electrons. The first kappa shape index (κ1) is 7.29. The molecular weight excluding hydrogens is 148 g/mol. The van der Waals surface area contributed by atoms with Crippen LogP contribution in [0.1, 0.15) is 22.8 Å². The van der Waals surface area contributed by atoms with E-state index in [1.165, 1.54) is 0 Å². The Morgan fingerprint density at radius 1 is 1.25 bits per heavy atom. The number of hydrogen-bond donors (Lipinski definition) is 0. The van der Waals surface area contributed by atoms with E-state index in [1.54, 1.807) is 6.08 Å². The lowest BCUT2D eigenvalue weighted by molar-refractivity contribution is 0.104. The van der Waals surface area contributed by atoms with E-state index in [0.717, 1.165) is 23.1 Å². The lowest BCUT2D eigenvalue weighted by atomic mass is 9.92. The van der Waals surface area contributed by atoms with Crippen LogP contribution in [0.15, 0.2) is 35.9 Å². The predicted octanol–water partition coefficient (Wildman–Crippen LogP) is 2.37. The zero-order chi connectivity index (χ0) is 8.55. The van der Waals surface area contributed by atoms with Crippen molar-refractivity contribution in [3.63, 3.8) is 0 Å². The summed E-state index contributed by atoms with van der Waals surface area (Å²) in [7, 11) is 0. The molecule has 1 heteroatoms. The third-order valence-electron chi connectivity index (χ3n) is 2.13. The van der Waals surface area contributed by atoms with E-state index in [2.05, 4.69) is 0 Å². The van der Waals surface area contributed by atoms with Gasteiger partial charge in [-0.2, -0.15) is 0 Å². The van der Waals surface area contributed by atoms with Crippen LogP contribution < -0.4 is 0 Å². The highest BCUT2D eigenvalue weighted by Gasteiger charge is 2.13. The number of rotatable bonds is 0. The van der Waals surface area contributed by atoms with Crippen molar-refractivity contribution in [3.05, 3.63) is 47.0 Å². The molecule has 1 aliphatic carbocycles. The molecule has 0 aliphatic heterocycles. The SMILES string of the molecule is CC1=CC(=O)c2ccccc2C1. The van der Waals surface area contributed by atoms with Gasteiger partial charge in [0.1, 0.15) is 0 Å². The minimum absolute atomic E-state index is 0.148. The van der Waals surface area contributed by atoms with Crippen LogP contribution in [0.25, 0.3) is 0 Å². The van der Waals surface area contributed by atoms with Gasteiger partial charge >= 0.3 is 0 Å². The van der Waals surface area contributed by atoms with Crippen LogP contribution in [-0.4, -0.2) is 5.78 Å². The quantitative estimate of drug-likeness (QED) is 0.566. The zero-order valence-corrected chi connectivity index (χ0v) is 7.00. The lowest BCUT2D eigenvalue weighted by Crippen LogP contribution is -2.07. The van der Waals surface area contributed by atoms with E-state index in [0.29, 0.717) is 0 Å². The molecule has 0 spiro atoms. The summed E-state index contributed by atoms with van der Waals surface area (Å²) >= 11 is 0. The number of fused-ring (bicyclic) bond motifs is 1. The highest BCUT2D eigenvalue weighted by molar-refractivity contribution is 6.07. The fourth-order valence-electron chi connectivity index (χ4n) is 1.57. The van der Waals surface area contributed by atoms with Crippen molar-refractivity contribution >= 4 is 5.78 Å². The standard InChI is InChI=1S/C11H10O/c1-8-6-9-4-2-3-5-10(9)11(12)7-8/h2-5,7H,6H2,1H3. The van der Waals surface area contributed by atoms with Gasteiger partial charge in [-0.05, 0) is 25.0 Å². The Morgan fingerprint density at radius 3 is 2.83 bits per heavy atom. The maximum Gasteiger partial charge on any atom is 0.186 e. The molecular formula is C11H10O. The normalized spacial score (nSPS) is 15.4. The van der Waals surface area contributed by atoms with Crippen molar-refractivity contribution in [2.45, 2.75) is 13.3 Å². The minimum atomic E-state index is 0.148. The number of carbonyl (C=O) groups is 1. The number of allylic oxidation sites excluding steroid dienone is 2. The number of hydrogen-bond acceptors (Lipinski definition) is 1. The van der Waals surface area contributed by atoms with Crippen LogP contribution >= 0.6 is 0 Å². The van der Waals surface area contributed by atoms with Gasteiger partial charge < -0.3 is 0 Å².